The van der Waals surface area contributed by atoms with Crippen LogP contribution in [0.4, 0.5) is 0 Å². The molecule has 3 heterocycles. The molecule has 0 bridgehead atoms. The van der Waals surface area contributed by atoms with Crippen LogP contribution in [0.5, 0.6) is 0 Å². The van der Waals surface area contributed by atoms with E-state index in [1.54, 1.807) is 4.68 Å². The predicted octanol–water partition coefficient (Wildman–Crippen LogP) is 2.77. The van der Waals surface area contributed by atoms with Crippen molar-refractivity contribution in [1.82, 2.24) is 19.6 Å². The van der Waals surface area contributed by atoms with Crippen LogP contribution in [-0.4, -0.2) is 37.9 Å². The molecular weight excluding hydrogens is 350 g/mol. The molecule has 0 spiro atoms. The van der Waals surface area contributed by atoms with Crippen molar-refractivity contribution in [3.05, 3.63) is 41.3 Å². The lowest BCUT2D eigenvalue weighted by Gasteiger charge is -2.32. The van der Waals surface area contributed by atoms with Crippen LogP contribution in [0.25, 0.3) is 10.9 Å². The minimum Gasteiger partial charge on any atom is -0.399 e. The van der Waals surface area contributed by atoms with Gasteiger partial charge in [-0.05, 0) is 39.8 Å². The molecule has 0 aliphatic carbocycles. The number of halogens is 1. The van der Waals surface area contributed by atoms with Gasteiger partial charge in [-0.2, -0.15) is 10.2 Å². The Labute approximate surface area is 158 Å². The summed E-state index contributed by atoms with van der Waals surface area (Å²) in [6.07, 6.45) is 3.86. The molecule has 2 aromatic heterocycles. The molecule has 6 nitrogen and oxygen atoms in total. The standard InChI is InChI=1S/C18H22BClN4O2/c1-17(2)18(3,4)26-19(25-17)14-6-7-15-13(16(14)20)11-24(22-15)10-12-8-9-23(5)21-12/h6-9,11H,10H2,1-5H3. The van der Waals surface area contributed by atoms with Crippen molar-refractivity contribution in [2.75, 3.05) is 0 Å². The highest BCUT2D eigenvalue weighted by Crippen LogP contribution is 2.37. The van der Waals surface area contributed by atoms with Crippen molar-refractivity contribution in [1.29, 1.82) is 0 Å². The van der Waals surface area contributed by atoms with Gasteiger partial charge in [-0.25, -0.2) is 0 Å². The summed E-state index contributed by atoms with van der Waals surface area (Å²) >= 11 is 6.70. The van der Waals surface area contributed by atoms with Crippen LogP contribution in [0.3, 0.4) is 0 Å². The van der Waals surface area contributed by atoms with Gasteiger partial charge in [0, 0.05) is 30.3 Å². The SMILES string of the molecule is Cn1ccc(Cn2cc3c(Cl)c(B4OC(C)(C)C(C)(C)O4)ccc3n2)n1. The summed E-state index contributed by atoms with van der Waals surface area (Å²) in [7, 11) is 1.41. The smallest absolute Gasteiger partial charge is 0.399 e. The zero-order valence-electron chi connectivity index (χ0n) is 15.7. The first-order chi connectivity index (χ1) is 12.2. The second kappa shape index (κ2) is 5.84. The Morgan fingerprint density at radius 1 is 1.08 bits per heavy atom. The topological polar surface area (TPSA) is 54.1 Å². The summed E-state index contributed by atoms with van der Waals surface area (Å²) in [6.45, 7) is 8.72. The highest BCUT2D eigenvalue weighted by Gasteiger charge is 2.52. The van der Waals surface area contributed by atoms with Crippen molar-refractivity contribution >= 4 is 35.1 Å². The van der Waals surface area contributed by atoms with E-state index in [1.165, 1.54) is 0 Å². The summed E-state index contributed by atoms with van der Waals surface area (Å²) in [5, 5.41) is 10.5. The van der Waals surface area contributed by atoms with Gasteiger partial charge in [-0.15, -0.1) is 0 Å². The second-order valence-electron chi connectivity index (χ2n) is 7.80. The summed E-state index contributed by atoms with van der Waals surface area (Å²) in [5.74, 6) is 0. The molecule has 1 saturated heterocycles. The third-order valence-electron chi connectivity index (χ3n) is 5.30. The van der Waals surface area contributed by atoms with Crippen molar-refractivity contribution in [2.45, 2.75) is 45.4 Å². The minimum atomic E-state index is -0.490. The Hall–Kier alpha value is -1.83. The van der Waals surface area contributed by atoms with Crippen LogP contribution < -0.4 is 5.46 Å². The zero-order chi connectivity index (χ0) is 18.7. The molecule has 0 unspecified atom stereocenters. The summed E-state index contributed by atoms with van der Waals surface area (Å²) < 4.78 is 15.9. The van der Waals surface area contributed by atoms with Crippen molar-refractivity contribution < 1.29 is 9.31 Å². The Bertz CT molecular complexity index is 963. The van der Waals surface area contributed by atoms with Gasteiger partial charge in [0.25, 0.3) is 0 Å². The average molecular weight is 373 g/mol. The largest absolute Gasteiger partial charge is 0.496 e. The van der Waals surface area contributed by atoms with Crippen molar-refractivity contribution in [2.24, 2.45) is 7.05 Å². The third-order valence-corrected chi connectivity index (χ3v) is 5.72. The van der Waals surface area contributed by atoms with Crippen LogP contribution in [-0.2, 0) is 22.9 Å². The molecule has 0 saturated carbocycles. The van der Waals surface area contributed by atoms with Gasteiger partial charge in [0.2, 0.25) is 0 Å². The number of aromatic nitrogens is 4. The lowest BCUT2D eigenvalue weighted by molar-refractivity contribution is 0.00578. The fraction of sp³-hybridized carbons (Fsp3) is 0.444. The van der Waals surface area contributed by atoms with E-state index < -0.39 is 18.3 Å². The highest BCUT2D eigenvalue weighted by atomic mass is 35.5. The maximum atomic E-state index is 6.70. The van der Waals surface area contributed by atoms with E-state index in [0.717, 1.165) is 22.1 Å². The van der Waals surface area contributed by atoms with E-state index in [1.807, 2.05) is 70.0 Å². The monoisotopic (exact) mass is 372 g/mol. The summed E-state index contributed by atoms with van der Waals surface area (Å²) in [5.41, 5.74) is 1.81. The van der Waals surface area contributed by atoms with Crippen LogP contribution in [0, 0.1) is 0 Å². The molecule has 0 N–H and O–H groups in total. The van der Waals surface area contributed by atoms with Gasteiger partial charge in [0.15, 0.2) is 0 Å². The Morgan fingerprint density at radius 3 is 2.38 bits per heavy atom. The van der Waals surface area contributed by atoms with Crippen molar-refractivity contribution in [3.8, 4) is 0 Å². The van der Waals surface area contributed by atoms with Crippen LogP contribution >= 0.6 is 11.6 Å². The molecule has 1 aliphatic heterocycles. The Morgan fingerprint density at radius 2 is 1.77 bits per heavy atom. The number of nitrogens with zero attached hydrogens (tertiary/aromatic N) is 4. The highest BCUT2D eigenvalue weighted by molar-refractivity contribution is 6.66. The van der Waals surface area contributed by atoms with Crippen LogP contribution in [0.15, 0.2) is 30.6 Å². The predicted molar refractivity (Wildman–Crippen MR) is 103 cm³/mol. The lowest BCUT2D eigenvalue weighted by Crippen LogP contribution is -2.41. The Balaban J connectivity index is 1.67. The molecule has 26 heavy (non-hydrogen) atoms. The minimum absolute atomic E-state index is 0.404. The van der Waals surface area contributed by atoms with E-state index in [-0.39, 0.29) is 0 Å². The van der Waals surface area contributed by atoms with E-state index >= 15 is 0 Å². The first-order valence-electron chi connectivity index (χ1n) is 8.66. The summed E-state index contributed by atoms with van der Waals surface area (Å²) in [6, 6.07) is 5.87. The third kappa shape index (κ3) is 2.84. The zero-order valence-corrected chi connectivity index (χ0v) is 16.4. The molecule has 8 heteroatoms. The number of benzene rings is 1. The first-order valence-corrected chi connectivity index (χ1v) is 9.04. The average Bonchev–Trinajstić information content (AvgIpc) is 3.18. The fourth-order valence-electron chi connectivity index (χ4n) is 3.07. The number of fused-ring (bicyclic) bond motifs is 1. The van der Waals surface area contributed by atoms with Gasteiger partial charge in [-0.1, -0.05) is 17.7 Å². The second-order valence-corrected chi connectivity index (χ2v) is 8.18. The van der Waals surface area contributed by atoms with Gasteiger partial charge in [-0.3, -0.25) is 9.36 Å². The number of hydrogen-bond acceptors (Lipinski definition) is 4. The van der Waals surface area contributed by atoms with E-state index in [9.17, 15) is 0 Å². The number of aryl methyl sites for hydroxylation is 1. The van der Waals surface area contributed by atoms with E-state index in [2.05, 4.69) is 10.2 Å². The quantitative estimate of drug-likeness (QED) is 0.663. The molecule has 1 aromatic carbocycles. The molecule has 4 rings (SSSR count). The summed E-state index contributed by atoms with van der Waals surface area (Å²) in [4.78, 5) is 0. The van der Waals surface area contributed by atoms with E-state index in [0.29, 0.717) is 11.6 Å². The van der Waals surface area contributed by atoms with Gasteiger partial charge >= 0.3 is 7.12 Å². The maximum Gasteiger partial charge on any atom is 0.496 e. The molecule has 0 atom stereocenters. The van der Waals surface area contributed by atoms with Gasteiger partial charge in [0.05, 0.1) is 34.0 Å². The molecule has 1 aliphatic rings. The molecule has 0 amide bonds. The number of hydrogen-bond donors (Lipinski definition) is 0. The number of rotatable bonds is 3. The normalized spacial score (nSPS) is 18.8. The molecular formula is C18H22BClN4O2. The van der Waals surface area contributed by atoms with Crippen LogP contribution in [0.2, 0.25) is 5.02 Å². The first kappa shape index (κ1) is 17.6. The molecule has 0 radical (unpaired) electrons. The molecule has 136 valence electrons. The van der Waals surface area contributed by atoms with Gasteiger partial charge < -0.3 is 9.31 Å². The lowest BCUT2D eigenvalue weighted by atomic mass is 9.78. The molecule has 3 aromatic rings. The maximum absolute atomic E-state index is 6.70. The molecule has 1 fully saturated rings. The Kier molecular flexibility index (Phi) is 3.95. The van der Waals surface area contributed by atoms with E-state index in [4.69, 9.17) is 20.9 Å². The van der Waals surface area contributed by atoms with Gasteiger partial charge in [0.1, 0.15) is 0 Å². The fourth-order valence-corrected chi connectivity index (χ4v) is 3.37. The van der Waals surface area contributed by atoms with Crippen LogP contribution in [0.1, 0.15) is 33.4 Å². The van der Waals surface area contributed by atoms with Crippen molar-refractivity contribution in [3.63, 3.8) is 0 Å².